The van der Waals surface area contributed by atoms with Crippen LogP contribution in [0, 0.1) is 5.92 Å². The minimum Gasteiger partial charge on any atom is -0.310 e. The summed E-state index contributed by atoms with van der Waals surface area (Å²) in [6.45, 7) is 7.93. The normalized spacial score (nSPS) is 16.0. The van der Waals surface area contributed by atoms with E-state index in [1.807, 2.05) is 0 Å². The SMILES string of the molecule is CCC(CC)C(C)NCc1ccc2c(c1)CCC2. The van der Waals surface area contributed by atoms with Crippen LogP contribution in [0.2, 0.25) is 0 Å². The fourth-order valence-corrected chi connectivity index (χ4v) is 3.18. The van der Waals surface area contributed by atoms with Crippen LogP contribution in [0.25, 0.3) is 0 Å². The zero-order valence-electron chi connectivity index (χ0n) is 12.1. The molecule has 100 valence electrons. The molecule has 0 aliphatic heterocycles. The van der Waals surface area contributed by atoms with E-state index < -0.39 is 0 Å². The van der Waals surface area contributed by atoms with Crippen LogP contribution >= 0.6 is 0 Å². The van der Waals surface area contributed by atoms with Gasteiger partial charge in [0.05, 0.1) is 0 Å². The summed E-state index contributed by atoms with van der Waals surface area (Å²) >= 11 is 0. The molecule has 1 aromatic carbocycles. The molecule has 1 aliphatic rings. The Bertz CT molecular complexity index is 379. The lowest BCUT2D eigenvalue weighted by molar-refractivity contribution is 0.353. The van der Waals surface area contributed by atoms with E-state index in [0.29, 0.717) is 6.04 Å². The molecule has 0 heterocycles. The summed E-state index contributed by atoms with van der Waals surface area (Å²) in [5, 5.41) is 3.69. The Kier molecular flexibility index (Phi) is 4.82. The van der Waals surface area contributed by atoms with Crippen molar-refractivity contribution < 1.29 is 0 Å². The molecule has 0 saturated heterocycles. The van der Waals surface area contributed by atoms with Gasteiger partial charge in [-0.3, -0.25) is 0 Å². The third-order valence-corrected chi connectivity index (χ3v) is 4.55. The zero-order chi connectivity index (χ0) is 13.0. The van der Waals surface area contributed by atoms with E-state index in [9.17, 15) is 0 Å². The average Bonchev–Trinajstić information content (AvgIpc) is 2.85. The Morgan fingerprint density at radius 2 is 1.83 bits per heavy atom. The van der Waals surface area contributed by atoms with Crippen LogP contribution in [-0.4, -0.2) is 6.04 Å². The van der Waals surface area contributed by atoms with E-state index in [0.717, 1.165) is 12.5 Å². The molecule has 2 rings (SSSR count). The Hall–Kier alpha value is -0.820. The van der Waals surface area contributed by atoms with E-state index in [1.165, 1.54) is 37.7 Å². The van der Waals surface area contributed by atoms with Crippen LogP contribution < -0.4 is 5.32 Å². The average molecular weight is 245 g/mol. The van der Waals surface area contributed by atoms with Crippen molar-refractivity contribution in [1.29, 1.82) is 0 Å². The Morgan fingerprint density at radius 3 is 2.56 bits per heavy atom. The summed E-state index contributed by atoms with van der Waals surface area (Å²) in [4.78, 5) is 0. The van der Waals surface area contributed by atoms with Gasteiger partial charge in [-0.25, -0.2) is 0 Å². The minimum atomic E-state index is 0.619. The smallest absolute Gasteiger partial charge is 0.0208 e. The fraction of sp³-hybridized carbons (Fsp3) is 0.647. The number of rotatable bonds is 6. The second-order valence-corrected chi connectivity index (χ2v) is 5.70. The maximum atomic E-state index is 3.69. The molecule has 1 N–H and O–H groups in total. The molecule has 1 heteroatoms. The fourth-order valence-electron chi connectivity index (χ4n) is 3.18. The Morgan fingerprint density at radius 1 is 1.11 bits per heavy atom. The van der Waals surface area contributed by atoms with Gasteiger partial charge in [0, 0.05) is 12.6 Å². The molecule has 0 fully saturated rings. The second kappa shape index (κ2) is 6.38. The van der Waals surface area contributed by atoms with Crippen molar-refractivity contribution in [2.75, 3.05) is 0 Å². The first-order chi connectivity index (χ1) is 8.74. The molecule has 18 heavy (non-hydrogen) atoms. The third-order valence-electron chi connectivity index (χ3n) is 4.55. The van der Waals surface area contributed by atoms with Crippen LogP contribution in [0.5, 0.6) is 0 Å². The number of aryl methyl sites for hydroxylation is 2. The van der Waals surface area contributed by atoms with Gasteiger partial charge in [0.2, 0.25) is 0 Å². The first-order valence-corrected chi connectivity index (χ1v) is 7.58. The maximum Gasteiger partial charge on any atom is 0.0208 e. The van der Waals surface area contributed by atoms with Crippen molar-refractivity contribution in [2.24, 2.45) is 5.92 Å². The van der Waals surface area contributed by atoms with Crippen molar-refractivity contribution in [3.8, 4) is 0 Å². The summed E-state index contributed by atoms with van der Waals surface area (Å²) in [6.07, 6.45) is 6.46. The number of hydrogen-bond donors (Lipinski definition) is 1. The molecule has 1 aromatic rings. The predicted molar refractivity (Wildman–Crippen MR) is 78.8 cm³/mol. The molecular formula is C17H27N. The van der Waals surface area contributed by atoms with Gasteiger partial charge >= 0.3 is 0 Å². The predicted octanol–water partition coefficient (Wildman–Crippen LogP) is 4.09. The standard InChI is InChI=1S/C17H27N/c1-4-15(5-2)13(3)18-12-14-9-10-16-7-6-8-17(16)11-14/h9-11,13,15,18H,4-8,12H2,1-3H3. The third kappa shape index (κ3) is 3.14. The first kappa shape index (κ1) is 13.6. The molecular weight excluding hydrogens is 218 g/mol. The molecule has 1 atom stereocenters. The molecule has 1 unspecified atom stereocenters. The summed E-state index contributed by atoms with van der Waals surface area (Å²) in [5.41, 5.74) is 4.62. The highest BCUT2D eigenvalue weighted by molar-refractivity contribution is 5.35. The molecule has 0 spiro atoms. The number of fused-ring (bicyclic) bond motifs is 1. The van der Waals surface area contributed by atoms with Crippen LogP contribution in [0.1, 0.15) is 56.7 Å². The van der Waals surface area contributed by atoms with Crippen molar-refractivity contribution >= 4 is 0 Å². The highest BCUT2D eigenvalue weighted by Gasteiger charge is 2.14. The number of benzene rings is 1. The molecule has 0 saturated carbocycles. The van der Waals surface area contributed by atoms with Crippen molar-refractivity contribution in [3.05, 3.63) is 34.9 Å². The van der Waals surface area contributed by atoms with Gasteiger partial charge in [0.25, 0.3) is 0 Å². The maximum absolute atomic E-state index is 3.69. The van der Waals surface area contributed by atoms with Crippen molar-refractivity contribution in [3.63, 3.8) is 0 Å². The van der Waals surface area contributed by atoms with Gasteiger partial charge in [-0.1, -0.05) is 44.9 Å². The summed E-state index contributed by atoms with van der Waals surface area (Å²) < 4.78 is 0. The summed E-state index contributed by atoms with van der Waals surface area (Å²) in [5.74, 6) is 0.805. The van der Waals surface area contributed by atoms with Gasteiger partial charge in [-0.2, -0.15) is 0 Å². The summed E-state index contributed by atoms with van der Waals surface area (Å²) in [7, 11) is 0. The number of nitrogens with one attached hydrogen (secondary N) is 1. The Balaban J connectivity index is 1.90. The number of hydrogen-bond acceptors (Lipinski definition) is 1. The summed E-state index contributed by atoms with van der Waals surface area (Å²) in [6, 6.07) is 7.67. The van der Waals surface area contributed by atoms with E-state index in [2.05, 4.69) is 44.3 Å². The van der Waals surface area contributed by atoms with Gasteiger partial charge in [-0.05, 0) is 48.8 Å². The van der Waals surface area contributed by atoms with Crippen molar-refractivity contribution in [1.82, 2.24) is 5.32 Å². The van der Waals surface area contributed by atoms with Crippen LogP contribution in [0.4, 0.5) is 0 Å². The second-order valence-electron chi connectivity index (χ2n) is 5.70. The molecule has 1 nitrogen and oxygen atoms in total. The topological polar surface area (TPSA) is 12.0 Å². The molecule has 0 aromatic heterocycles. The van der Waals surface area contributed by atoms with Crippen LogP contribution in [0.3, 0.4) is 0 Å². The lowest BCUT2D eigenvalue weighted by Gasteiger charge is -2.22. The van der Waals surface area contributed by atoms with Crippen LogP contribution in [0.15, 0.2) is 18.2 Å². The van der Waals surface area contributed by atoms with Gasteiger partial charge in [0.1, 0.15) is 0 Å². The molecule has 0 radical (unpaired) electrons. The molecule has 1 aliphatic carbocycles. The quantitative estimate of drug-likeness (QED) is 0.796. The lowest BCUT2D eigenvalue weighted by Crippen LogP contribution is -2.32. The van der Waals surface area contributed by atoms with Crippen LogP contribution in [-0.2, 0) is 19.4 Å². The molecule has 0 amide bonds. The van der Waals surface area contributed by atoms with E-state index in [4.69, 9.17) is 0 Å². The van der Waals surface area contributed by atoms with Crippen molar-refractivity contribution in [2.45, 2.75) is 65.5 Å². The van der Waals surface area contributed by atoms with Gasteiger partial charge in [-0.15, -0.1) is 0 Å². The highest BCUT2D eigenvalue weighted by Crippen LogP contribution is 2.23. The Labute approximate surface area is 112 Å². The zero-order valence-corrected chi connectivity index (χ0v) is 12.1. The molecule has 0 bridgehead atoms. The largest absolute Gasteiger partial charge is 0.310 e. The minimum absolute atomic E-state index is 0.619. The van der Waals surface area contributed by atoms with Gasteiger partial charge < -0.3 is 5.32 Å². The highest BCUT2D eigenvalue weighted by atomic mass is 14.9. The van der Waals surface area contributed by atoms with E-state index in [1.54, 1.807) is 11.1 Å². The lowest BCUT2D eigenvalue weighted by atomic mass is 9.95. The van der Waals surface area contributed by atoms with Gasteiger partial charge in [0.15, 0.2) is 0 Å². The van der Waals surface area contributed by atoms with E-state index in [-0.39, 0.29) is 0 Å². The monoisotopic (exact) mass is 245 g/mol. The van der Waals surface area contributed by atoms with E-state index >= 15 is 0 Å². The first-order valence-electron chi connectivity index (χ1n) is 7.58.